The van der Waals surface area contributed by atoms with E-state index in [1.165, 1.54) is 44.5 Å². The minimum Gasteiger partial charge on any atom is -0.326 e. The third-order valence-corrected chi connectivity index (χ3v) is 4.17. The summed E-state index contributed by atoms with van der Waals surface area (Å²) in [5.74, 6) is 0. The molecule has 0 bridgehead atoms. The molecule has 19 heavy (non-hydrogen) atoms. The van der Waals surface area contributed by atoms with E-state index in [1.807, 2.05) is 0 Å². The smallest absolute Gasteiger partial charge is 0.0178 e. The van der Waals surface area contributed by atoms with Crippen LogP contribution in [0.5, 0.6) is 0 Å². The molecule has 0 aliphatic carbocycles. The Balaban J connectivity index is 2.78. The van der Waals surface area contributed by atoms with Gasteiger partial charge in [-0.2, -0.15) is 0 Å². The van der Waals surface area contributed by atoms with Crippen molar-refractivity contribution in [2.24, 2.45) is 5.73 Å². The summed E-state index contributed by atoms with van der Waals surface area (Å²) in [5, 5.41) is 0. The minimum atomic E-state index is 0.593. The molecule has 1 nitrogen and oxygen atoms in total. The molecule has 1 heteroatoms. The zero-order valence-corrected chi connectivity index (χ0v) is 12.6. The Morgan fingerprint density at radius 3 is 1.89 bits per heavy atom. The number of rotatable bonds is 2. The summed E-state index contributed by atoms with van der Waals surface area (Å²) < 4.78 is 0. The second-order valence-corrected chi connectivity index (χ2v) is 5.49. The van der Waals surface area contributed by atoms with E-state index < -0.39 is 0 Å². The van der Waals surface area contributed by atoms with Gasteiger partial charge in [0, 0.05) is 6.54 Å². The average molecular weight is 253 g/mol. The van der Waals surface area contributed by atoms with E-state index in [0.717, 1.165) is 0 Å². The molecule has 0 radical (unpaired) electrons. The lowest BCUT2D eigenvalue weighted by Gasteiger charge is -2.18. The Labute approximate surface area is 116 Å². The Morgan fingerprint density at radius 1 is 0.789 bits per heavy atom. The fraction of sp³-hybridized carbons (Fsp3) is 0.333. The molecule has 2 aromatic carbocycles. The van der Waals surface area contributed by atoms with Crippen LogP contribution in [0.15, 0.2) is 24.3 Å². The van der Waals surface area contributed by atoms with Crippen molar-refractivity contribution in [3.05, 3.63) is 57.6 Å². The maximum absolute atomic E-state index is 5.78. The number of hydrogen-bond donors (Lipinski definition) is 1. The lowest BCUT2D eigenvalue weighted by Crippen LogP contribution is -2.00. The summed E-state index contributed by atoms with van der Waals surface area (Å²) in [5.41, 5.74) is 16.5. The highest BCUT2D eigenvalue weighted by Gasteiger charge is 2.12. The molecule has 0 spiro atoms. The van der Waals surface area contributed by atoms with Gasteiger partial charge < -0.3 is 5.73 Å². The molecule has 2 rings (SSSR count). The van der Waals surface area contributed by atoms with E-state index in [4.69, 9.17) is 5.73 Å². The van der Waals surface area contributed by atoms with Gasteiger partial charge in [-0.3, -0.25) is 0 Å². The number of aryl methyl sites for hydroxylation is 3. The van der Waals surface area contributed by atoms with E-state index in [9.17, 15) is 0 Å². The Bertz CT molecular complexity index is 598. The number of hydrogen-bond acceptors (Lipinski definition) is 1. The predicted octanol–water partition coefficient (Wildman–Crippen LogP) is 4.35. The molecular weight excluding hydrogens is 230 g/mol. The van der Waals surface area contributed by atoms with Gasteiger partial charge >= 0.3 is 0 Å². The van der Waals surface area contributed by atoms with Gasteiger partial charge in [-0.1, -0.05) is 18.2 Å². The molecule has 0 unspecified atom stereocenters. The van der Waals surface area contributed by atoms with Crippen molar-refractivity contribution in [1.29, 1.82) is 0 Å². The van der Waals surface area contributed by atoms with E-state index >= 15 is 0 Å². The van der Waals surface area contributed by atoms with Gasteiger partial charge in [0.2, 0.25) is 0 Å². The standard InChI is InChI=1S/C18H23N/c1-11-6-7-16(10-19)9-17(11)18-14(4)12(2)8-13(3)15(18)5/h6-9H,10,19H2,1-5H3. The first kappa shape index (κ1) is 13.8. The Kier molecular flexibility index (Phi) is 3.77. The van der Waals surface area contributed by atoms with E-state index in [0.29, 0.717) is 6.54 Å². The molecule has 0 aliphatic heterocycles. The predicted molar refractivity (Wildman–Crippen MR) is 83.5 cm³/mol. The van der Waals surface area contributed by atoms with Gasteiger partial charge in [0.1, 0.15) is 0 Å². The normalized spacial score (nSPS) is 10.8. The first-order valence-electron chi connectivity index (χ1n) is 6.83. The second kappa shape index (κ2) is 5.18. The first-order chi connectivity index (χ1) is 8.95. The summed E-state index contributed by atoms with van der Waals surface area (Å²) in [6, 6.07) is 8.81. The average Bonchev–Trinajstić information content (AvgIpc) is 2.39. The molecule has 0 fully saturated rings. The largest absolute Gasteiger partial charge is 0.326 e. The maximum Gasteiger partial charge on any atom is 0.0178 e. The Morgan fingerprint density at radius 2 is 1.37 bits per heavy atom. The van der Waals surface area contributed by atoms with Gasteiger partial charge in [0.05, 0.1) is 0 Å². The molecule has 0 saturated heterocycles. The fourth-order valence-corrected chi connectivity index (χ4v) is 2.69. The summed E-state index contributed by atoms with van der Waals surface area (Å²) >= 11 is 0. The van der Waals surface area contributed by atoms with Crippen LogP contribution in [-0.2, 0) is 6.54 Å². The summed E-state index contributed by atoms with van der Waals surface area (Å²) in [4.78, 5) is 0. The minimum absolute atomic E-state index is 0.593. The van der Waals surface area contributed by atoms with Crippen LogP contribution in [0.3, 0.4) is 0 Å². The quantitative estimate of drug-likeness (QED) is 0.845. The zero-order valence-electron chi connectivity index (χ0n) is 12.6. The van der Waals surface area contributed by atoms with Crippen LogP contribution >= 0.6 is 0 Å². The molecule has 0 heterocycles. The highest BCUT2D eigenvalue weighted by molar-refractivity contribution is 5.76. The second-order valence-electron chi connectivity index (χ2n) is 5.49. The van der Waals surface area contributed by atoms with Gasteiger partial charge in [-0.05, 0) is 85.2 Å². The van der Waals surface area contributed by atoms with Crippen LogP contribution in [0.25, 0.3) is 11.1 Å². The van der Waals surface area contributed by atoms with Crippen LogP contribution in [0, 0.1) is 34.6 Å². The van der Waals surface area contributed by atoms with Crippen molar-refractivity contribution in [3.8, 4) is 11.1 Å². The first-order valence-corrected chi connectivity index (χ1v) is 6.83. The summed E-state index contributed by atoms with van der Waals surface area (Å²) in [7, 11) is 0. The molecule has 0 atom stereocenters. The van der Waals surface area contributed by atoms with Crippen molar-refractivity contribution in [3.63, 3.8) is 0 Å². The summed E-state index contributed by atoms with van der Waals surface area (Å²) in [6.07, 6.45) is 0. The molecule has 2 N–H and O–H groups in total. The van der Waals surface area contributed by atoms with Crippen molar-refractivity contribution < 1.29 is 0 Å². The Hall–Kier alpha value is -1.60. The van der Waals surface area contributed by atoms with Gasteiger partial charge in [0.25, 0.3) is 0 Å². The molecule has 0 aromatic heterocycles. The van der Waals surface area contributed by atoms with Crippen LogP contribution in [0.4, 0.5) is 0 Å². The lowest BCUT2D eigenvalue weighted by atomic mass is 9.87. The molecule has 100 valence electrons. The van der Waals surface area contributed by atoms with E-state index in [-0.39, 0.29) is 0 Å². The third-order valence-electron chi connectivity index (χ3n) is 4.17. The zero-order chi connectivity index (χ0) is 14.2. The van der Waals surface area contributed by atoms with Crippen LogP contribution < -0.4 is 5.73 Å². The monoisotopic (exact) mass is 253 g/mol. The third kappa shape index (κ3) is 2.43. The lowest BCUT2D eigenvalue weighted by molar-refractivity contribution is 1.07. The van der Waals surface area contributed by atoms with Crippen molar-refractivity contribution >= 4 is 0 Å². The van der Waals surface area contributed by atoms with E-state index in [1.54, 1.807) is 0 Å². The van der Waals surface area contributed by atoms with E-state index in [2.05, 4.69) is 58.9 Å². The van der Waals surface area contributed by atoms with Crippen molar-refractivity contribution in [1.82, 2.24) is 0 Å². The highest BCUT2D eigenvalue weighted by Crippen LogP contribution is 2.34. The fourth-order valence-electron chi connectivity index (χ4n) is 2.69. The summed E-state index contributed by atoms with van der Waals surface area (Å²) in [6.45, 7) is 11.6. The number of nitrogens with two attached hydrogens (primary N) is 1. The van der Waals surface area contributed by atoms with Gasteiger partial charge in [-0.15, -0.1) is 0 Å². The molecular formula is C18H23N. The molecule has 0 amide bonds. The van der Waals surface area contributed by atoms with Crippen LogP contribution in [0.1, 0.15) is 33.4 Å². The number of benzene rings is 2. The topological polar surface area (TPSA) is 26.0 Å². The molecule has 2 aromatic rings. The van der Waals surface area contributed by atoms with Crippen molar-refractivity contribution in [2.45, 2.75) is 41.2 Å². The molecule has 0 aliphatic rings. The van der Waals surface area contributed by atoms with Gasteiger partial charge in [-0.25, -0.2) is 0 Å². The van der Waals surface area contributed by atoms with Crippen molar-refractivity contribution in [2.75, 3.05) is 0 Å². The maximum atomic E-state index is 5.78. The highest BCUT2D eigenvalue weighted by atomic mass is 14.5. The molecule has 0 saturated carbocycles. The SMILES string of the molecule is Cc1ccc(CN)cc1-c1c(C)c(C)cc(C)c1C. The van der Waals surface area contributed by atoms with Gasteiger partial charge in [0.15, 0.2) is 0 Å². The van der Waals surface area contributed by atoms with Crippen LogP contribution in [-0.4, -0.2) is 0 Å². The van der Waals surface area contributed by atoms with Crippen LogP contribution in [0.2, 0.25) is 0 Å².